The zero-order valence-corrected chi connectivity index (χ0v) is 4.33. The lowest BCUT2D eigenvalue weighted by atomic mass is 10.6. The van der Waals surface area contributed by atoms with Crippen LogP contribution in [0.15, 0.2) is 18.6 Å². The van der Waals surface area contributed by atoms with Crippen LogP contribution in [0.3, 0.4) is 0 Å². The molecule has 0 radical (unpaired) electrons. The number of imidazole rings is 1. The third-order valence-electron chi connectivity index (χ3n) is 0.773. The van der Waals surface area contributed by atoms with Crippen LogP contribution in [0, 0.1) is 0 Å². The van der Waals surface area contributed by atoms with E-state index in [0.717, 1.165) is 5.82 Å². The molecule has 0 atom stereocenters. The molecule has 3 N–H and O–H groups in total. The van der Waals surface area contributed by atoms with Crippen LogP contribution < -0.4 is 5.73 Å². The van der Waals surface area contributed by atoms with E-state index in [1.165, 1.54) is 6.20 Å². The summed E-state index contributed by atoms with van der Waals surface area (Å²) < 4.78 is 0. The second kappa shape index (κ2) is 2.16. The smallest absolute Gasteiger partial charge is 0.131 e. The van der Waals surface area contributed by atoms with Crippen molar-refractivity contribution >= 4 is 6.08 Å². The van der Waals surface area contributed by atoms with Crippen molar-refractivity contribution < 1.29 is 0 Å². The number of nitrogens with two attached hydrogens (primary N) is 1. The standard InChI is InChI=1S/C5H7N3/c6-2-1-5-7-3-4-8-5/h1-4H,6H2,(H,7,8). The van der Waals surface area contributed by atoms with Crippen molar-refractivity contribution in [3.05, 3.63) is 24.4 Å². The molecule has 0 bridgehead atoms. The maximum atomic E-state index is 5.08. The topological polar surface area (TPSA) is 54.7 Å². The van der Waals surface area contributed by atoms with E-state index in [0.29, 0.717) is 0 Å². The molecule has 42 valence electrons. The SMILES string of the molecule is NC=Cc1ncc[nH]1. The summed E-state index contributed by atoms with van der Waals surface area (Å²) in [6.07, 6.45) is 6.56. The van der Waals surface area contributed by atoms with Crippen LogP contribution in [0.5, 0.6) is 0 Å². The summed E-state index contributed by atoms with van der Waals surface area (Å²) in [6.45, 7) is 0. The Morgan fingerprint density at radius 1 is 1.75 bits per heavy atom. The van der Waals surface area contributed by atoms with Gasteiger partial charge in [0.2, 0.25) is 0 Å². The van der Waals surface area contributed by atoms with Gasteiger partial charge in [-0.3, -0.25) is 0 Å². The minimum absolute atomic E-state index is 0.785. The Bertz CT molecular complexity index is 164. The Kier molecular flexibility index (Phi) is 1.32. The lowest BCUT2D eigenvalue weighted by Gasteiger charge is -1.76. The van der Waals surface area contributed by atoms with Gasteiger partial charge in [0.1, 0.15) is 5.82 Å². The normalized spacial score (nSPS) is 10.5. The lowest BCUT2D eigenvalue weighted by Crippen LogP contribution is -1.78. The molecule has 0 aliphatic rings. The van der Waals surface area contributed by atoms with Crippen LogP contribution in [-0.4, -0.2) is 9.97 Å². The first-order chi connectivity index (χ1) is 3.93. The van der Waals surface area contributed by atoms with E-state index in [1.54, 1.807) is 18.5 Å². The molecule has 0 spiro atoms. The van der Waals surface area contributed by atoms with Crippen LogP contribution >= 0.6 is 0 Å². The molecule has 0 aliphatic heterocycles. The highest BCUT2D eigenvalue weighted by atomic mass is 14.9. The second-order valence-electron chi connectivity index (χ2n) is 1.33. The zero-order valence-electron chi connectivity index (χ0n) is 4.33. The van der Waals surface area contributed by atoms with Gasteiger partial charge in [0.25, 0.3) is 0 Å². The number of nitrogens with zero attached hydrogens (tertiary/aromatic N) is 1. The minimum Gasteiger partial charge on any atom is -0.404 e. The van der Waals surface area contributed by atoms with Gasteiger partial charge in [0.15, 0.2) is 0 Å². The van der Waals surface area contributed by atoms with E-state index in [1.807, 2.05) is 0 Å². The number of H-pyrrole nitrogens is 1. The Hall–Kier alpha value is -1.25. The van der Waals surface area contributed by atoms with E-state index in [9.17, 15) is 0 Å². The van der Waals surface area contributed by atoms with Gasteiger partial charge in [-0.25, -0.2) is 4.98 Å². The highest BCUT2D eigenvalue weighted by Crippen LogP contribution is 1.87. The molecule has 1 aromatic heterocycles. The van der Waals surface area contributed by atoms with Gasteiger partial charge in [-0.15, -0.1) is 0 Å². The highest BCUT2D eigenvalue weighted by molar-refractivity contribution is 5.37. The summed E-state index contributed by atoms with van der Waals surface area (Å²) in [4.78, 5) is 6.74. The van der Waals surface area contributed by atoms with E-state index in [2.05, 4.69) is 9.97 Å². The molecular formula is C5H7N3. The summed E-state index contributed by atoms with van der Waals surface area (Å²) >= 11 is 0. The van der Waals surface area contributed by atoms with Crippen molar-refractivity contribution in [1.82, 2.24) is 9.97 Å². The van der Waals surface area contributed by atoms with Crippen LogP contribution in [0.25, 0.3) is 6.08 Å². The minimum atomic E-state index is 0.785. The third-order valence-corrected chi connectivity index (χ3v) is 0.773. The van der Waals surface area contributed by atoms with E-state index >= 15 is 0 Å². The average molecular weight is 109 g/mol. The van der Waals surface area contributed by atoms with Gasteiger partial charge in [0.05, 0.1) is 0 Å². The van der Waals surface area contributed by atoms with Crippen molar-refractivity contribution in [2.24, 2.45) is 5.73 Å². The summed E-state index contributed by atoms with van der Waals surface area (Å²) in [5, 5.41) is 0. The van der Waals surface area contributed by atoms with Crippen molar-refractivity contribution in [3.63, 3.8) is 0 Å². The first kappa shape index (κ1) is 4.90. The quantitative estimate of drug-likeness (QED) is 0.546. The Morgan fingerprint density at radius 3 is 3.12 bits per heavy atom. The van der Waals surface area contributed by atoms with Gasteiger partial charge in [0, 0.05) is 12.4 Å². The number of rotatable bonds is 1. The largest absolute Gasteiger partial charge is 0.404 e. The van der Waals surface area contributed by atoms with Gasteiger partial charge >= 0.3 is 0 Å². The molecule has 8 heavy (non-hydrogen) atoms. The molecule has 0 saturated heterocycles. The van der Waals surface area contributed by atoms with Gasteiger partial charge < -0.3 is 10.7 Å². The molecule has 0 aromatic carbocycles. The molecule has 1 rings (SSSR count). The fourth-order valence-corrected chi connectivity index (χ4v) is 0.460. The Morgan fingerprint density at radius 2 is 2.62 bits per heavy atom. The summed E-state index contributed by atoms with van der Waals surface area (Å²) in [7, 11) is 0. The predicted molar refractivity (Wildman–Crippen MR) is 31.8 cm³/mol. The fraction of sp³-hybridized carbons (Fsp3) is 0. The first-order valence-electron chi connectivity index (χ1n) is 2.31. The molecule has 0 fully saturated rings. The molecule has 0 saturated carbocycles. The number of nitrogens with one attached hydrogen (secondary N) is 1. The van der Waals surface area contributed by atoms with Crippen LogP contribution in [0.1, 0.15) is 5.82 Å². The van der Waals surface area contributed by atoms with E-state index in [4.69, 9.17) is 5.73 Å². The maximum Gasteiger partial charge on any atom is 0.131 e. The van der Waals surface area contributed by atoms with Crippen molar-refractivity contribution in [3.8, 4) is 0 Å². The van der Waals surface area contributed by atoms with Gasteiger partial charge in [-0.05, 0) is 12.3 Å². The monoisotopic (exact) mass is 109 g/mol. The zero-order chi connectivity index (χ0) is 5.82. The third kappa shape index (κ3) is 0.872. The second-order valence-corrected chi connectivity index (χ2v) is 1.33. The fourth-order valence-electron chi connectivity index (χ4n) is 0.460. The predicted octanol–water partition coefficient (Wildman–Crippen LogP) is 0.339. The molecule has 1 aromatic rings. The van der Waals surface area contributed by atoms with Crippen LogP contribution in [0.2, 0.25) is 0 Å². The number of aromatic amines is 1. The van der Waals surface area contributed by atoms with Crippen molar-refractivity contribution in [1.29, 1.82) is 0 Å². The Balaban J connectivity index is 2.77. The van der Waals surface area contributed by atoms with Crippen molar-refractivity contribution in [2.75, 3.05) is 0 Å². The molecule has 0 unspecified atom stereocenters. The lowest BCUT2D eigenvalue weighted by molar-refractivity contribution is 1.26. The van der Waals surface area contributed by atoms with Gasteiger partial charge in [-0.1, -0.05) is 0 Å². The molecule has 3 nitrogen and oxygen atoms in total. The first-order valence-corrected chi connectivity index (χ1v) is 2.31. The van der Waals surface area contributed by atoms with Crippen LogP contribution in [0.4, 0.5) is 0 Å². The maximum absolute atomic E-state index is 5.08. The Labute approximate surface area is 47.2 Å². The van der Waals surface area contributed by atoms with E-state index in [-0.39, 0.29) is 0 Å². The summed E-state index contributed by atoms with van der Waals surface area (Å²) in [5.41, 5.74) is 5.08. The summed E-state index contributed by atoms with van der Waals surface area (Å²) in [5.74, 6) is 0.785. The molecule has 0 amide bonds. The number of aromatic nitrogens is 2. The average Bonchev–Trinajstić information content (AvgIpc) is 2.19. The van der Waals surface area contributed by atoms with Gasteiger partial charge in [-0.2, -0.15) is 0 Å². The molecule has 1 heterocycles. The highest BCUT2D eigenvalue weighted by Gasteiger charge is 1.80. The van der Waals surface area contributed by atoms with Crippen molar-refractivity contribution in [2.45, 2.75) is 0 Å². The summed E-state index contributed by atoms with van der Waals surface area (Å²) in [6, 6.07) is 0. The number of hydrogen-bond acceptors (Lipinski definition) is 2. The molecule has 0 aliphatic carbocycles. The van der Waals surface area contributed by atoms with Crippen LogP contribution in [-0.2, 0) is 0 Å². The number of hydrogen-bond donors (Lipinski definition) is 2. The molecule has 3 heteroatoms. The van der Waals surface area contributed by atoms with E-state index < -0.39 is 0 Å². The molecular weight excluding hydrogens is 102 g/mol.